The van der Waals surface area contributed by atoms with Crippen LogP contribution in [0.4, 0.5) is 5.69 Å². The van der Waals surface area contributed by atoms with E-state index in [1.807, 2.05) is 38.1 Å². The standard InChI is InChI=1S/C29H33BrClN3O5S/c1-5-20(2)32-29(36)21(3)33(18-22-11-13-23(30)14-12-22)28(35)19-34(24-15-16-27(39-4)26(31)17-24)40(37,38)25-9-7-6-8-10-25/h6-17,20-21H,5,18-19H2,1-4H3,(H,32,36)/t20-,21-/m0/s1. The fourth-order valence-electron chi connectivity index (χ4n) is 3.89. The number of benzene rings is 3. The first-order valence-electron chi connectivity index (χ1n) is 12.7. The van der Waals surface area contributed by atoms with Gasteiger partial charge < -0.3 is 15.0 Å². The van der Waals surface area contributed by atoms with Gasteiger partial charge in [-0.15, -0.1) is 0 Å². The predicted octanol–water partition coefficient (Wildman–Crippen LogP) is 5.64. The number of hydrogen-bond acceptors (Lipinski definition) is 5. The maximum atomic E-state index is 14.0. The number of sulfonamides is 1. The summed E-state index contributed by atoms with van der Waals surface area (Å²) in [5, 5.41) is 3.11. The lowest BCUT2D eigenvalue weighted by molar-refractivity contribution is -0.139. The molecule has 1 N–H and O–H groups in total. The van der Waals surface area contributed by atoms with Crippen molar-refractivity contribution < 1.29 is 22.7 Å². The van der Waals surface area contributed by atoms with E-state index in [9.17, 15) is 18.0 Å². The zero-order valence-electron chi connectivity index (χ0n) is 22.8. The number of amides is 2. The first-order chi connectivity index (χ1) is 19.0. The summed E-state index contributed by atoms with van der Waals surface area (Å²) in [6.45, 7) is 5.01. The van der Waals surface area contributed by atoms with E-state index in [4.69, 9.17) is 16.3 Å². The molecule has 0 bridgehead atoms. The monoisotopic (exact) mass is 649 g/mol. The van der Waals surface area contributed by atoms with Crippen LogP contribution >= 0.6 is 27.5 Å². The molecule has 0 aromatic heterocycles. The van der Waals surface area contributed by atoms with Crippen LogP contribution in [0.2, 0.25) is 5.02 Å². The number of rotatable bonds is 12. The molecule has 0 aliphatic rings. The zero-order valence-corrected chi connectivity index (χ0v) is 26.0. The number of halogens is 2. The zero-order chi connectivity index (χ0) is 29.4. The van der Waals surface area contributed by atoms with Gasteiger partial charge in [0.15, 0.2) is 0 Å². The van der Waals surface area contributed by atoms with E-state index < -0.39 is 28.5 Å². The van der Waals surface area contributed by atoms with Gasteiger partial charge in [-0.05, 0) is 68.3 Å². The molecule has 0 saturated carbocycles. The maximum absolute atomic E-state index is 14.0. The first-order valence-corrected chi connectivity index (χ1v) is 15.3. The van der Waals surface area contributed by atoms with Crippen LogP contribution in [0.5, 0.6) is 5.75 Å². The second-order valence-corrected chi connectivity index (χ2v) is 12.5. The number of methoxy groups -OCH3 is 1. The highest BCUT2D eigenvalue weighted by Gasteiger charge is 2.33. The largest absolute Gasteiger partial charge is 0.495 e. The van der Waals surface area contributed by atoms with Crippen molar-refractivity contribution in [1.29, 1.82) is 0 Å². The molecule has 0 saturated heterocycles. The Morgan fingerprint density at radius 3 is 2.25 bits per heavy atom. The van der Waals surface area contributed by atoms with E-state index in [2.05, 4.69) is 21.2 Å². The fourth-order valence-corrected chi connectivity index (χ4v) is 5.84. The van der Waals surface area contributed by atoms with Crippen molar-refractivity contribution in [2.24, 2.45) is 0 Å². The number of nitrogens with zero attached hydrogens (tertiary/aromatic N) is 2. The minimum atomic E-state index is -4.19. The molecule has 3 aromatic carbocycles. The normalized spacial score (nSPS) is 12.8. The molecule has 11 heteroatoms. The molecule has 40 heavy (non-hydrogen) atoms. The van der Waals surface area contributed by atoms with E-state index >= 15 is 0 Å². The van der Waals surface area contributed by atoms with Gasteiger partial charge >= 0.3 is 0 Å². The molecule has 0 spiro atoms. The van der Waals surface area contributed by atoms with Crippen molar-refractivity contribution in [2.75, 3.05) is 18.0 Å². The van der Waals surface area contributed by atoms with Gasteiger partial charge in [0.05, 0.1) is 22.7 Å². The number of anilines is 1. The van der Waals surface area contributed by atoms with Gasteiger partial charge in [0.2, 0.25) is 11.8 Å². The lowest BCUT2D eigenvalue weighted by Crippen LogP contribution is -2.52. The highest BCUT2D eigenvalue weighted by atomic mass is 79.9. The lowest BCUT2D eigenvalue weighted by atomic mass is 10.1. The summed E-state index contributed by atoms with van der Waals surface area (Å²) in [5.41, 5.74) is 0.966. The molecule has 2 amide bonds. The Morgan fingerprint density at radius 1 is 1.02 bits per heavy atom. The van der Waals surface area contributed by atoms with E-state index in [0.717, 1.165) is 20.8 Å². The number of carbonyl (C=O) groups excluding carboxylic acids is 2. The lowest BCUT2D eigenvalue weighted by Gasteiger charge is -2.32. The highest BCUT2D eigenvalue weighted by Crippen LogP contribution is 2.32. The Morgan fingerprint density at radius 2 is 1.68 bits per heavy atom. The van der Waals surface area contributed by atoms with Crippen LogP contribution in [0.25, 0.3) is 0 Å². The van der Waals surface area contributed by atoms with Crippen molar-refractivity contribution in [3.8, 4) is 5.75 Å². The third kappa shape index (κ3) is 7.77. The highest BCUT2D eigenvalue weighted by molar-refractivity contribution is 9.10. The Balaban J connectivity index is 2.04. The minimum Gasteiger partial charge on any atom is -0.495 e. The number of hydrogen-bond donors (Lipinski definition) is 1. The van der Waals surface area contributed by atoms with Crippen LogP contribution in [0.15, 0.2) is 82.2 Å². The number of carbonyl (C=O) groups is 2. The summed E-state index contributed by atoms with van der Waals surface area (Å²) < 4.78 is 34.8. The van der Waals surface area contributed by atoms with Gasteiger partial charge in [0, 0.05) is 17.1 Å². The van der Waals surface area contributed by atoms with Gasteiger partial charge in [-0.25, -0.2) is 8.42 Å². The van der Waals surface area contributed by atoms with Gasteiger partial charge in [-0.2, -0.15) is 0 Å². The minimum absolute atomic E-state index is 0.0109. The number of nitrogens with one attached hydrogen (secondary N) is 1. The molecule has 3 rings (SSSR count). The maximum Gasteiger partial charge on any atom is 0.264 e. The smallest absolute Gasteiger partial charge is 0.264 e. The summed E-state index contributed by atoms with van der Waals surface area (Å²) in [5.74, 6) is -0.521. The molecule has 0 radical (unpaired) electrons. The molecule has 0 aliphatic carbocycles. The van der Waals surface area contributed by atoms with Crippen molar-refractivity contribution in [3.63, 3.8) is 0 Å². The topological polar surface area (TPSA) is 96.0 Å². The predicted molar refractivity (Wildman–Crippen MR) is 161 cm³/mol. The van der Waals surface area contributed by atoms with Gasteiger partial charge in [-0.3, -0.25) is 13.9 Å². The Labute approximate surface area is 249 Å². The van der Waals surface area contributed by atoms with E-state index in [0.29, 0.717) is 5.75 Å². The Bertz CT molecular complexity index is 1420. The van der Waals surface area contributed by atoms with Gasteiger partial charge in [0.25, 0.3) is 10.0 Å². The van der Waals surface area contributed by atoms with Crippen molar-refractivity contribution >= 4 is 55.1 Å². The molecule has 214 valence electrons. The second kappa shape index (κ2) is 14.0. The first kappa shape index (κ1) is 31.4. The van der Waals surface area contributed by atoms with Crippen molar-refractivity contribution in [2.45, 2.75) is 50.7 Å². The summed E-state index contributed by atoms with van der Waals surface area (Å²) in [6.07, 6.45) is 0.723. The van der Waals surface area contributed by atoms with Crippen LogP contribution < -0.4 is 14.4 Å². The Kier molecular flexibility index (Phi) is 11.0. The van der Waals surface area contributed by atoms with Crippen LogP contribution in [0.1, 0.15) is 32.8 Å². The van der Waals surface area contributed by atoms with Crippen LogP contribution in [0.3, 0.4) is 0 Å². The molecule has 0 heterocycles. The molecular weight excluding hydrogens is 618 g/mol. The summed E-state index contributed by atoms with van der Waals surface area (Å²) in [6, 6.07) is 18.7. The summed E-state index contributed by atoms with van der Waals surface area (Å²) in [4.78, 5) is 28.5. The molecule has 2 atom stereocenters. The fraction of sp³-hybridized carbons (Fsp3) is 0.310. The average molecular weight is 651 g/mol. The molecule has 8 nitrogen and oxygen atoms in total. The van der Waals surface area contributed by atoms with Crippen LogP contribution in [-0.2, 0) is 26.2 Å². The average Bonchev–Trinajstić information content (AvgIpc) is 2.95. The molecule has 0 aliphatic heterocycles. The molecule has 0 fully saturated rings. The number of ether oxygens (including phenoxy) is 1. The van der Waals surface area contributed by atoms with Crippen molar-refractivity contribution in [1.82, 2.24) is 10.2 Å². The van der Waals surface area contributed by atoms with E-state index in [1.54, 1.807) is 25.1 Å². The van der Waals surface area contributed by atoms with Gasteiger partial charge in [-0.1, -0.05) is 64.8 Å². The van der Waals surface area contributed by atoms with E-state index in [1.165, 1.54) is 42.3 Å². The Hall–Kier alpha value is -3.08. The molecular formula is C29H33BrClN3O5S. The summed E-state index contributed by atoms with van der Waals surface area (Å²) >= 11 is 9.75. The molecule has 3 aromatic rings. The summed E-state index contributed by atoms with van der Waals surface area (Å²) in [7, 11) is -2.73. The van der Waals surface area contributed by atoms with E-state index in [-0.39, 0.29) is 34.1 Å². The van der Waals surface area contributed by atoms with Crippen LogP contribution in [-0.4, -0.2) is 50.9 Å². The third-order valence-corrected chi connectivity index (χ3v) is 9.08. The third-order valence-electron chi connectivity index (χ3n) is 6.47. The quantitative estimate of drug-likeness (QED) is 0.274. The van der Waals surface area contributed by atoms with Gasteiger partial charge in [0.1, 0.15) is 18.3 Å². The SMILES string of the molecule is CC[C@H](C)NC(=O)[C@H](C)N(Cc1ccc(Br)cc1)C(=O)CN(c1ccc(OC)c(Cl)c1)S(=O)(=O)c1ccccc1. The molecule has 0 unspecified atom stereocenters. The van der Waals surface area contributed by atoms with Crippen molar-refractivity contribution in [3.05, 3.63) is 87.9 Å². The second-order valence-electron chi connectivity index (χ2n) is 9.29. The van der Waals surface area contributed by atoms with Crippen LogP contribution in [0, 0.1) is 0 Å².